The number of carbonyl (C=O) groups excluding carboxylic acids is 1. The predicted octanol–water partition coefficient (Wildman–Crippen LogP) is 9.24. The number of hydrogen-bond donors (Lipinski definition) is 1. The minimum absolute atomic E-state index is 0.227. The summed E-state index contributed by atoms with van der Waals surface area (Å²) in [5, 5.41) is 10.3. The van der Waals surface area contributed by atoms with Gasteiger partial charge in [0.25, 0.3) is 5.91 Å². The molecule has 194 valence electrons. The maximum absolute atomic E-state index is 13.7. The van der Waals surface area contributed by atoms with Crippen molar-refractivity contribution in [2.24, 2.45) is 0 Å². The maximum Gasteiger partial charge on any atom is 0.272 e. The topological polar surface area (TPSA) is 46.9 Å². The molecule has 1 heterocycles. The summed E-state index contributed by atoms with van der Waals surface area (Å²) in [6.45, 7) is 1.94. The van der Waals surface area contributed by atoms with Gasteiger partial charge in [-0.2, -0.15) is 5.10 Å². The summed E-state index contributed by atoms with van der Waals surface area (Å²) >= 11 is 25.0. The molecule has 3 aromatic carbocycles. The molecule has 1 unspecified atom stereocenters. The highest BCUT2D eigenvalue weighted by atomic mass is 35.5. The van der Waals surface area contributed by atoms with Crippen LogP contribution in [0.5, 0.6) is 0 Å². The summed E-state index contributed by atoms with van der Waals surface area (Å²) in [7, 11) is 0. The van der Waals surface area contributed by atoms with E-state index in [1.54, 1.807) is 16.8 Å². The van der Waals surface area contributed by atoms with Crippen LogP contribution in [0, 0.1) is 0 Å². The normalized spacial score (nSPS) is 15.1. The van der Waals surface area contributed by atoms with E-state index < -0.39 is 0 Å². The second-order valence-electron chi connectivity index (χ2n) is 9.36. The van der Waals surface area contributed by atoms with Gasteiger partial charge in [-0.05, 0) is 97.8 Å². The van der Waals surface area contributed by atoms with Crippen LogP contribution in [0.15, 0.2) is 66.7 Å². The summed E-state index contributed by atoms with van der Waals surface area (Å²) in [5.41, 5.74) is 5.94. The Morgan fingerprint density at radius 3 is 2.21 bits per heavy atom. The van der Waals surface area contributed by atoms with E-state index in [4.69, 9.17) is 51.5 Å². The van der Waals surface area contributed by atoms with Crippen molar-refractivity contribution in [3.8, 4) is 5.69 Å². The number of hydrogen-bond acceptors (Lipinski definition) is 2. The molecule has 1 amide bonds. The van der Waals surface area contributed by atoms with E-state index >= 15 is 0 Å². The third kappa shape index (κ3) is 5.79. The standard InChI is InChI=1S/C30H25Cl4N3O/c1-18(20-8-12-23(32)13-9-20)35-30(38)28-25-5-3-2-4-21(16-19-6-10-22(31)11-7-19)29(25)37(36-28)27-15-14-24(33)17-26(27)34/h6-18H,2-5H2,1H3,(H,35,38)/b21-16+. The van der Waals surface area contributed by atoms with Crippen molar-refractivity contribution in [2.75, 3.05) is 0 Å². The highest BCUT2D eigenvalue weighted by Gasteiger charge is 2.28. The lowest BCUT2D eigenvalue weighted by molar-refractivity contribution is 0.0933. The number of benzene rings is 3. The quantitative estimate of drug-likeness (QED) is 0.238. The number of fused-ring (bicyclic) bond motifs is 1. The zero-order chi connectivity index (χ0) is 26.8. The fourth-order valence-electron chi connectivity index (χ4n) is 4.76. The highest BCUT2D eigenvalue weighted by Crippen LogP contribution is 2.37. The largest absolute Gasteiger partial charge is 0.344 e. The summed E-state index contributed by atoms with van der Waals surface area (Å²) in [6.07, 6.45) is 5.65. The third-order valence-electron chi connectivity index (χ3n) is 6.69. The van der Waals surface area contributed by atoms with Crippen LogP contribution in [0.2, 0.25) is 20.1 Å². The molecule has 0 spiro atoms. The number of nitrogens with one attached hydrogen (secondary N) is 1. The van der Waals surface area contributed by atoms with Crippen LogP contribution in [0.3, 0.4) is 0 Å². The van der Waals surface area contributed by atoms with Gasteiger partial charge in [-0.15, -0.1) is 0 Å². The molecule has 1 N–H and O–H groups in total. The van der Waals surface area contributed by atoms with Gasteiger partial charge in [0.05, 0.1) is 22.4 Å². The van der Waals surface area contributed by atoms with Crippen LogP contribution in [-0.2, 0) is 6.42 Å². The van der Waals surface area contributed by atoms with Gasteiger partial charge in [-0.3, -0.25) is 4.79 Å². The molecule has 1 atom stereocenters. The maximum atomic E-state index is 13.7. The summed E-state index contributed by atoms with van der Waals surface area (Å²) in [5.74, 6) is -0.236. The van der Waals surface area contributed by atoms with Gasteiger partial charge in [0, 0.05) is 20.6 Å². The lowest BCUT2D eigenvalue weighted by Crippen LogP contribution is -2.28. The molecule has 0 saturated carbocycles. The first kappa shape index (κ1) is 26.8. The Kier molecular flexibility index (Phi) is 8.15. The molecule has 4 nitrogen and oxygen atoms in total. The molecule has 0 aliphatic heterocycles. The van der Waals surface area contributed by atoms with Crippen LogP contribution in [0.1, 0.15) is 65.1 Å². The van der Waals surface area contributed by atoms with Crippen molar-refractivity contribution in [1.29, 1.82) is 0 Å². The number of allylic oxidation sites excluding steroid dienone is 1. The van der Waals surface area contributed by atoms with Crippen molar-refractivity contribution < 1.29 is 4.79 Å². The molecular weight excluding hydrogens is 560 g/mol. The van der Waals surface area contributed by atoms with Crippen molar-refractivity contribution in [3.63, 3.8) is 0 Å². The number of nitrogens with zero attached hydrogens (tertiary/aromatic N) is 2. The summed E-state index contributed by atoms with van der Waals surface area (Å²) in [4.78, 5) is 13.7. The van der Waals surface area contributed by atoms with E-state index in [0.29, 0.717) is 31.5 Å². The van der Waals surface area contributed by atoms with Gasteiger partial charge in [-0.1, -0.05) is 70.7 Å². The van der Waals surface area contributed by atoms with E-state index in [2.05, 4.69) is 11.4 Å². The van der Waals surface area contributed by atoms with E-state index in [0.717, 1.165) is 53.6 Å². The summed E-state index contributed by atoms with van der Waals surface area (Å²) in [6, 6.07) is 20.2. The number of carbonyl (C=O) groups is 1. The molecule has 0 radical (unpaired) electrons. The molecule has 1 aliphatic rings. The molecule has 5 rings (SSSR count). The Hall–Kier alpha value is -2.76. The Balaban J connectivity index is 1.62. The second-order valence-corrected chi connectivity index (χ2v) is 11.1. The Labute approximate surface area is 242 Å². The fourth-order valence-corrected chi connectivity index (χ4v) is 5.50. The van der Waals surface area contributed by atoms with Gasteiger partial charge >= 0.3 is 0 Å². The monoisotopic (exact) mass is 583 g/mol. The zero-order valence-electron chi connectivity index (χ0n) is 20.6. The van der Waals surface area contributed by atoms with Gasteiger partial charge in [0.15, 0.2) is 5.69 Å². The minimum atomic E-state index is -0.236. The Morgan fingerprint density at radius 1 is 0.895 bits per heavy atom. The average Bonchev–Trinajstić information content (AvgIpc) is 3.14. The predicted molar refractivity (Wildman–Crippen MR) is 158 cm³/mol. The number of rotatable bonds is 5. The van der Waals surface area contributed by atoms with Crippen LogP contribution in [-0.4, -0.2) is 15.7 Å². The zero-order valence-corrected chi connectivity index (χ0v) is 23.7. The molecule has 8 heteroatoms. The van der Waals surface area contributed by atoms with Crippen LogP contribution >= 0.6 is 46.4 Å². The number of aromatic nitrogens is 2. The SMILES string of the molecule is CC(NC(=O)c1nn(-c2ccc(Cl)cc2Cl)c2c1CCCC/C2=C\c1ccc(Cl)cc1)c1ccc(Cl)cc1. The molecular formula is C30H25Cl4N3O. The van der Waals surface area contributed by atoms with E-state index in [-0.39, 0.29) is 11.9 Å². The average molecular weight is 585 g/mol. The number of amides is 1. The Bertz CT molecular complexity index is 1510. The number of halogens is 4. The second kappa shape index (κ2) is 11.5. The molecule has 1 aliphatic carbocycles. The molecule has 0 saturated heterocycles. The van der Waals surface area contributed by atoms with E-state index in [1.807, 2.05) is 61.5 Å². The van der Waals surface area contributed by atoms with Gasteiger partial charge in [0.1, 0.15) is 0 Å². The highest BCUT2D eigenvalue weighted by molar-refractivity contribution is 6.35. The van der Waals surface area contributed by atoms with Crippen molar-refractivity contribution in [3.05, 3.63) is 115 Å². The molecule has 4 aromatic rings. The molecule has 0 bridgehead atoms. The van der Waals surface area contributed by atoms with E-state index in [9.17, 15) is 4.79 Å². The minimum Gasteiger partial charge on any atom is -0.344 e. The molecule has 0 fully saturated rings. The first-order valence-corrected chi connectivity index (χ1v) is 13.9. The van der Waals surface area contributed by atoms with Crippen molar-refractivity contribution in [2.45, 2.75) is 38.6 Å². The first-order chi connectivity index (χ1) is 18.3. The van der Waals surface area contributed by atoms with Gasteiger partial charge in [0.2, 0.25) is 0 Å². The van der Waals surface area contributed by atoms with E-state index in [1.165, 1.54) is 0 Å². The fraction of sp³-hybridized carbons (Fsp3) is 0.200. The first-order valence-electron chi connectivity index (χ1n) is 12.4. The van der Waals surface area contributed by atoms with Crippen molar-refractivity contribution >= 4 is 64.0 Å². The lowest BCUT2D eigenvalue weighted by Gasteiger charge is -2.14. The van der Waals surface area contributed by atoms with Crippen molar-refractivity contribution in [1.82, 2.24) is 15.1 Å². The molecule has 1 aromatic heterocycles. The van der Waals surface area contributed by atoms with Crippen LogP contribution in [0.4, 0.5) is 0 Å². The van der Waals surface area contributed by atoms with Crippen LogP contribution < -0.4 is 5.32 Å². The van der Waals surface area contributed by atoms with Gasteiger partial charge < -0.3 is 5.32 Å². The smallest absolute Gasteiger partial charge is 0.272 e. The van der Waals surface area contributed by atoms with Gasteiger partial charge in [-0.25, -0.2) is 4.68 Å². The third-order valence-corrected chi connectivity index (χ3v) is 7.73. The van der Waals surface area contributed by atoms with Crippen LogP contribution in [0.25, 0.3) is 17.3 Å². The summed E-state index contributed by atoms with van der Waals surface area (Å²) < 4.78 is 1.79. The Morgan fingerprint density at radius 2 is 1.53 bits per heavy atom. The molecule has 38 heavy (non-hydrogen) atoms. The lowest BCUT2D eigenvalue weighted by atomic mass is 10.0.